The molecule has 0 aromatic heterocycles. The lowest BCUT2D eigenvalue weighted by Crippen LogP contribution is -2.14. The lowest BCUT2D eigenvalue weighted by atomic mass is 10.0. The third kappa shape index (κ3) is 5.43. The summed E-state index contributed by atoms with van der Waals surface area (Å²) in [6.45, 7) is 2.68. The number of nitrogens with two attached hydrogens (primary N) is 1. The van der Waals surface area contributed by atoms with E-state index in [1.165, 1.54) is 19.2 Å². The van der Waals surface area contributed by atoms with Gasteiger partial charge in [0.25, 0.3) is 0 Å². The Morgan fingerprint density at radius 2 is 2.10 bits per heavy atom. The smallest absolute Gasteiger partial charge is 0.339 e. The molecule has 1 rings (SSSR count). The van der Waals surface area contributed by atoms with E-state index in [-0.39, 0.29) is 17.2 Å². The highest BCUT2D eigenvalue weighted by atomic mass is 16.5. The second kappa shape index (κ2) is 8.26. The molecule has 0 spiro atoms. The number of benzene rings is 1. The van der Waals surface area contributed by atoms with Crippen molar-refractivity contribution >= 4 is 17.6 Å². The normalized spacial score (nSPS) is 11.8. The van der Waals surface area contributed by atoms with Gasteiger partial charge in [-0.25, -0.2) is 4.79 Å². The van der Waals surface area contributed by atoms with E-state index in [1.807, 2.05) is 0 Å². The van der Waals surface area contributed by atoms with Gasteiger partial charge in [0.1, 0.15) is 11.3 Å². The Hall–Kier alpha value is -2.08. The number of hydrogen-bond acceptors (Lipinski definition) is 4. The number of ether oxygens (including phenoxy) is 1. The minimum absolute atomic E-state index is 0.0621. The lowest BCUT2D eigenvalue weighted by molar-refractivity contribution is -0.116. The third-order valence-electron chi connectivity index (χ3n) is 3.24. The zero-order valence-electron chi connectivity index (χ0n) is 12.4. The van der Waals surface area contributed by atoms with Crippen LogP contribution in [0.4, 0.5) is 5.69 Å². The summed E-state index contributed by atoms with van der Waals surface area (Å²) in [6.07, 6.45) is 2.08. The molecule has 0 aliphatic rings. The molecule has 0 fully saturated rings. The van der Waals surface area contributed by atoms with Crippen molar-refractivity contribution in [3.05, 3.63) is 23.8 Å². The zero-order valence-corrected chi connectivity index (χ0v) is 12.4. The van der Waals surface area contributed by atoms with Gasteiger partial charge in [0.2, 0.25) is 5.91 Å². The van der Waals surface area contributed by atoms with Crippen LogP contribution in [-0.2, 0) is 4.79 Å². The highest BCUT2D eigenvalue weighted by Gasteiger charge is 2.12. The summed E-state index contributed by atoms with van der Waals surface area (Å²) in [5.41, 5.74) is 6.05. The number of nitrogens with one attached hydrogen (secondary N) is 1. The van der Waals surface area contributed by atoms with Crippen LogP contribution in [0.1, 0.15) is 36.5 Å². The van der Waals surface area contributed by atoms with Crippen LogP contribution in [0.2, 0.25) is 0 Å². The number of anilines is 1. The van der Waals surface area contributed by atoms with Crippen LogP contribution in [0.3, 0.4) is 0 Å². The molecule has 0 aliphatic carbocycles. The maximum atomic E-state index is 11.8. The van der Waals surface area contributed by atoms with E-state index in [1.54, 1.807) is 6.07 Å². The standard InChI is InChI=1S/C15H22N2O4/c1-10(7-8-16)3-6-14(18)17-11-4-5-12(15(19)20)13(9-11)21-2/h4-5,9-10H,3,6-8,16H2,1-2H3,(H,17,18)(H,19,20). The zero-order chi connectivity index (χ0) is 15.8. The number of carboxylic acid groups (broad SMARTS) is 1. The van der Waals surface area contributed by atoms with Gasteiger partial charge in [0, 0.05) is 18.2 Å². The first kappa shape index (κ1) is 17.0. The topological polar surface area (TPSA) is 102 Å². The molecule has 1 amide bonds. The van der Waals surface area contributed by atoms with Crippen molar-refractivity contribution in [3.8, 4) is 5.75 Å². The van der Waals surface area contributed by atoms with Gasteiger partial charge in [-0.2, -0.15) is 0 Å². The number of carbonyl (C=O) groups excluding carboxylic acids is 1. The molecule has 4 N–H and O–H groups in total. The molecule has 0 aliphatic heterocycles. The van der Waals surface area contributed by atoms with E-state index in [9.17, 15) is 9.59 Å². The molecule has 1 atom stereocenters. The average molecular weight is 294 g/mol. The molecule has 0 saturated heterocycles. The maximum Gasteiger partial charge on any atom is 0.339 e. The predicted molar refractivity (Wildman–Crippen MR) is 80.7 cm³/mol. The molecule has 116 valence electrons. The van der Waals surface area contributed by atoms with E-state index >= 15 is 0 Å². The van der Waals surface area contributed by atoms with Crippen molar-refractivity contribution in [2.45, 2.75) is 26.2 Å². The van der Waals surface area contributed by atoms with Crippen molar-refractivity contribution in [2.24, 2.45) is 11.7 Å². The average Bonchev–Trinajstić information content (AvgIpc) is 2.45. The summed E-state index contributed by atoms with van der Waals surface area (Å²) < 4.78 is 5.01. The van der Waals surface area contributed by atoms with Gasteiger partial charge in [-0.1, -0.05) is 6.92 Å². The van der Waals surface area contributed by atoms with Gasteiger partial charge in [-0.3, -0.25) is 4.79 Å². The van der Waals surface area contributed by atoms with Gasteiger partial charge in [-0.05, 0) is 37.4 Å². The number of rotatable bonds is 8. The quantitative estimate of drug-likeness (QED) is 0.681. The number of hydrogen-bond donors (Lipinski definition) is 3. The first-order valence-electron chi connectivity index (χ1n) is 6.89. The molecule has 1 aromatic rings. The van der Waals surface area contributed by atoms with Crippen LogP contribution in [0.25, 0.3) is 0 Å². The summed E-state index contributed by atoms with van der Waals surface area (Å²) in [4.78, 5) is 22.8. The van der Waals surface area contributed by atoms with Gasteiger partial charge >= 0.3 is 5.97 Å². The van der Waals surface area contributed by atoms with Gasteiger partial charge < -0.3 is 20.9 Å². The molecule has 0 radical (unpaired) electrons. The van der Waals surface area contributed by atoms with Crippen LogP contribution >= 0.6 is 0 Å². The first-order chi connectivity index (χ1) is 9.97. The van der Waals surface area contributed by atoms with E-state index in [0.29, 0.717) is 24.6 Å². The monoisotopic (exact) mass is 294 g/mol. The highest BCUT2D eigenvalue weighted by Crippen LogP contribution is 2.23. The third-order valence-corrected chi connectivity index (χ3v) is 3.24. The van der Waals surface area contributed by atoms with Crippen LogP contribution in [0.5, 0.6) is 5.75 Å². The van der Waals surface area contributed by atoms with Crippen LogP contribution in [0.15, 0.2) is 18.2 Å². The first-order valence-corrected chi connectivity index (χ1v) is 6.89. The van der Waals surface area contributed by atoms with Crippen LogP contribution in [-0.4, -0.2) is 30.6 Å². The Balaban J connectivity index is 2.62. The molecule has 0 saturated carbocycles. The highest BCUT2D eigenvalue weighted by molar-refractivity contribution is 5.94. The van der Waals surface area contributed by atoms with Crippen molar-refractivity contribution in [1.82, 2.24) is 0 Å². The maximum absolute atomic E-state index is 11.8. The van der Waals surface area contributed by atoms with Crippen molar-refractivity contribution in [1.29, 1.82) is 0 Å². The van der Waals surface area contributed by atoms with Crippen molar-refractivity contribution < 1.29 is 19.4 Å². The Bertz CT molecular complexity index is 502. The minimum atomic E-state index is -1.07. The second-order valence-corrected chi connectivity index (χ2v) is 4.99. The Labute approximate surface area is 124 Å². The Morgan fingerprint density at radius 3 is 2.67 bits per heavy atom. The van der Waals surface area contributed by atoms with E-state index < -0.39 is 5.97 Å². The molecule has 6 nitrogen and oxygen atoms in total. The number of amides is 1. The molecular weight excluding hydrogens is 272 g/mol. The largest absolute Gasteiger partial charge is 0.496 e. The Kier molecular flexibility index (Phi) is 6.68. The number of carboxylic acids is 1. The number of methoxy groups -OCH3 is 1. The fourth-order valence-corrected chi connectivity index (χ4v) is 1.98. The molecule has 0 bridgehead atoms. The van der Waals surface area contributed by atoms with E-state index in [4.69, 9.17) is 15.6 Å². The van der Waals surface area contributed by atoms with E-state index in [2.05, 4.69) is 12.2 Å². The summed E-state index contributed by atoms with van der Waals surface area (Å²) in [5.74, 6) is -0.550. The molecule has 1 unspecified atom stereocenters. The van der Waals surface area contributed by atoms with E-state index in [0.717, 1.165) is 12.8 Å². The predicted octanol–water partition coefficient (Wildman–Crippen LogP) is 2.10. The van der Waals surface area contributed by atoms with Gasteiger partial charge in [-0.15, -0.1) is 0 Å². The fraction of sp³-hybridized carbons (Fsp3) is 0.467. The Morgan fingerprint density at radius 1 is 1.38 bits per heavy atom. The summed E-state index contributed by atoms with van der Waals surface area (Å²) in [7, 11) is 1.39. The SMILES string of the molecule is COc1cc(NC(=O)CCC(C)CCN)ccc1C(=O)O. The summed E-state index contributed by atoms with van der Waals surface area (Å²) >= 11 is 0. The molecule has 21 heavy (non-hydrogen) atoms. The molecule has 0 heterocycles. The van der Waals surface area contributed by atoms with Gasteiger partial charge in [0.15, 0.2) is 0 Å². The number of carbonyl (C=O) groups is 2. The van der Waals surface area contributed by atoms with Crippen LogP contribution < -0.4 is 15.8 Å². The van der Waals surface area contributed by atoms with Gasteiger partial charge in [0.05, 0.1) is 7.11 Å². The van der Waals surface area contributed by atoms with Crippen molar-refractivity contribution in [3.63, 3.8) is 0 Å². The minimum Gasteiger partial charge on any atom is -0.496 e. The molecule has 6 heteroatoms. The second-order valence-electron chi connectivity index (χ2n) is 4.99. The summed E-state index contributed by atoms with van der Waals surface area (Å²) in [5, 5.41) is 11.7. The molecular formula is C15H22N2O4. The summed E-state index contributed by atoms with van der Waals surface area (Å²) in [6, 6.07) is 4.46. The molecule has 1 aromatic carbocycles. The lowest BCUT2D eigenvalue weighted by Gasteiger charge is -2.11. The van der Waals surface area contributed by atoms with Crippen molar-refractivity contribution in [2.75, 3.05) is 19.0 Å². The van der Waals surface area contributed by atoms with Crippen LogP contribution in [0, 0.1) is 5.92 Å². The number of aromatic carboxylic acids is 1. The fourth-order valence-electron chi connectivity index (χ4n) is 1.98.